The summed E-state index contributed by atoms with van der Waals surface area (Å²) < 4.78 is 66.2. The molecule has 13 heteroatoms. The Morgan fingerprint density at radius 3 is 2.39 bits per heavy atom. The molecule has 1 saturated heterocycles. The molecule has 0 bridgehead atoms. The van der Waals surface area contributed by atoms with Gasteiger partial charge in [0, 0.05) is 26.2 Å². The number of rotatable bonds is 6. The lowest BCUT2D eigenvalue weighted by molar-refractivity contribution is -0.125. The van der Waals surface area contributed by atoms with Gasteiger partial charge in [-0.3, -0.25) is 20.4 Å². The molecule has 33 heavy (non-hydrogen) atoms. The first-order valence-corrected chi connectivity index (χ1v) is 12.7. The molecule has 0 aliphatic carbocycles. The Morgan fingerprint density at radius 2 is 1.73 bits per heavy atom. The van der Waals surface area contributed by atoms with Crippen LogP contribution in [0.2, 0.25) is 0 Å². The zero-order valence-corrected chi connectivity index (χ0v) is 19.5. The second kappa shape index (κ2) is 9.55. The van der Waals surface area contributed by atoms with E-state index in [2.05, 4.69) is 10.9 Å². The van der Waals surface area contributed by atoms with Crippen molar-refractivity contribution < 1.29 is 30.8 Å². The van der Waals surface area contributed by atoms with Gasteiger partial charge in [-0.15, -0.1) is 0 Å². The van der Waals surface area contributed by atoms with E-state index in [1.54, 1.807) is 0 Å². The van der Waals surface area contributed by atoms with Crippen LogP contribution in [0.15, 0.2) is 58.3 Å². The number of amides is 2. The third-order valence-corrected chi connectivity index (χ3v) is 8.86. The molecule has 178 valence electrons. The molecule has 1 aliphatic rings. The Bertz CT molecular complexity index is 1280. The van der Waals surface area contributed by atoms with Gasteiger partial charge in [0.2, 0.25) is 20.0 Å². The van der Waals surface area contributed by atoms with Crippen LogP contribution in [-0.2, 0) is 24.8 Å². The van der Waals surface area contributed by atoms with E-state index in [0.717, 1.165) is 26.8 Å². The molecule has 0 spiro atoms. The quantitative estimate of drug-likeness (QED) is 0.563. The Kier molecular flexibility index (Phi) is 7.17. The lowest BCUT2D eigenvalue weighted by atomic mass is 10.2. The van der Waals surface area contributed by atoms with Crippen molar-refractivity contribution in [2.45, 2.75) is 28.7 Å². The monoisotopic (exact) mass is 498 g/mol. The van der Waals surface area contributed by atoms with Gasteiger partial charge < -0.3 is 0 Å². The molecule has 0 saturated carbocycles. The molecule has 1 unspecified atom stereocenters. The van der Waals surface area contributed by atoms with Crippen LogP contribution in [0.1, 0.15) is 23.2 Å². The van der Waals surface area contributed by atoms with E-state index in [0.29, 0.717) is 6.42 Å². The van der Waals surface area contributed by atoms with E-state index in [1.807, 2.05) is 0 Å². The number of benzene rings is 2. The highest BCUT2D eigenvalue weighted by Crippen LogP contribution is 2.27. The van der Waals surface area contributed by atoms with Crippen LogP contribution in [0.5, 0.6) is 0 Å². The van der Waals surface area contributed by atoms with Gasteiger partial charge in [-0.05, 0) is 43.2 Å². The molecule has 2 aromatic carbocycles. The number of hydrogen-bond acceptors (Lipinski definition) is 6. The molecule has 2 amide bonds. The maximum Gasteiger partial charge on any atom is 0.269 e. The normalized spacial score (nSPS) is 17.2. The predicted octanol–water partition coefficient (Wildman–Crippen LogP) is 0.690. The molecular weight excluding hydrogens is 475 g/mol. The minimum absolute atomic E-state index is 0.0210. The smallest absolute Gasteiger partial charge is 0.269 e. The van der Waals surface area contributed by atoms with Crippen LogP contribution in [-0.4, -0.2) is 63.9 Å². The van der Waals surface area contributed by atoms with Gasteiger partial charge in [0.25, 0.3) is 11.8 Å². The Morgan fingerprint density at radius 1 is 1.03 bits per heavy atom. The number of nitrogens with one attached hydrogen (secondary N) is 2. The summed E-state index contributed by atoms with van der Waals surface area (Å²) in [6.45, 7) is 0.0210. The van der Waals surface area contributed by atoms with E-state index in [-0.39, 0.29) is 23.4 Å². The third-order valence-electron chi connectivity index (χ3n) is 5.10. The molecule has 3 rings (SSSR count). The standard InChI is InChI=1S/C20H23FN4O6S2/c1-24(2)32(28,29)15-8-5-7-14(13-15)19(26)22-23-20(27)17-10-6-12-25(17)33(30,31)18-11-4-3-9-16(18)21/h3-5,7-9,11,13,17H,6,10,12H2,1-2H3,(H,22,26)(H,23,27). The van der Waals surface area contributed by atoms with Crippen molar-refractivity contribution in [2.24, 2.45) is 0 Å². The SMILES string of the molecule is CN(C)S(=O)(=O)c1cccc(C(=O)NNC(=O)C2CCCN2S(=O)(=O)c2ccccc2F)c1. The summed E-state index contributed by atoms with van der Waals surface area (Å²) in [5.41, 5.74) is 4.31. The zero-order chi connectivity index (χ0) is 24.4. The van der Waals surface area contributed by atoms with Gasteiger partial charge >= 0.3 is 0 Å². The highest BCUT2D eigenvalue weighted by atomic mass is 32.2. The van der Waals surface area contributed by atoms with Crippen LogP contribution in [0, 0.1) is 5.82 Å². The topological polar surface area (TPSA) is 133 Å². The Balaban J connectivity index is 1.72. The van der Waals surface area contributed by atoms with Gasteiger partial charge in [-0.1, -0.05) is 18.2 Å². The van der Waals surface area contributed by atoms with Crippen molar-refractivity contribution in [2.75, 3.05) is 20.6 Å². The van der Waals surface area contributed by atoms with Crippen LogP contribution >= 0.6 is 0 Å². The van der Waals surface area contributed by atoms with Crippen LogP contribution in [0.3, 0.4) is 0 Å². The van der Waals surface area contributed by atoms with Crippen molar-refractivity contribution in [1.82, 2.24) is 19.5 Å². The lowest BCUT2D eigenvalue weighted by Gasteiger charge is -2.23. The van der Waals surface area contributed by atoms with Crippen LogP contribution in [0.25, 0.3) is 0 Å². The van der Waals surface area contributed by atoms with Crippen molar-refractivity contribution >= 4 is 31.9 Å². The fourth-order valence-corrected chi connectivity index (χ4v) is 6.02. The minimum atomic E-state index is -4.27. The first-order chi connectivity index (χ1) is 15.5. The number of hydrazine groups is 1. The molecule has 2 N–H and O–H groups in total. The summed E-state index contributed by atoms with van der Waals surface area (Å²) in [7, 11) is -5.34. The number of hydrogen-bond donors (Lipinski definition) is 2. The maximum atomic E-state index is 14.1. The second-order valence-electron chi connectivity index (χ2n) is 7.46. The van der Waals surface area contributed by atoms with Gasteiger partial charge in [0.05, 0.1) is 4.90 Å². The van der Waals surface area contributed by atoms with E-state index in [9.17, 15) is 30.8 Å². The fourth-order valence-electron chi connectivity index (χ4n) is 3.35. The van der Waals surface area contributed by atoms with E-state index in [1.165, 1.54) is 44.4 Å². The second-order valence-corrected chi connectivity index (χ2v) is 11.5. The Hall–Kier alpha value is -2.87. The average Bonchev–Trinajstić information content (AvgIpc) is 3.28. The first kappa shape index (κ1) is 24.8. The molecule has 1 fully saturated rings. The van der Waals surface area contributed by atoms with Crippen molar-refractivity contribution in [3.63, 3.8) is 0 Å². The number of sulfonamides is 2. The number of nitrogens with zero attached hydrogens (tertiary/aromatic N) is 2. The molecule has 10 nitrogen and oxygen atoms in total. The summed E-state index contributed by atoms with van der Waals surface area (Å²) in [6.07, 6.45) is 0.566. The zero-order valence-electron chi connectivity index (χ0n) is 17.9. The van der Waals surface area contributed by atoms with Gasteiger partial charge in [-0.25, -0.2) is 25.5 Å². The summed E-state index contributed by atoms with van der Waals surface area (Å²) >= 11 is 0. The van der Waals surface area contributed by atoms with Gasteiger partial charge in [0.15, 0.2) is 0 Å². The van der Waals surface area contributed by atoms with Crippen molar-refractivity contribution in [3.05, 3.63) is 59.9 Å². The summed E-state index contributed by atoms with van der Waals surface area (Å²) in [6, 6.07) is 8.96. The van der Waals surface area contributed by atoms with Crippen LogP contribution < -0.4 is 10.9 Å². The largest absolute Gasteiger partial charge is 0.271 e. The number of carbonyl (C=O) groups is 2. The maximum absolute atomic E-state index is 14.1. The molecule has 1 aliphatic heterocycles. The third kappa shape index (κ3) is 5.05. The highest BCUT2D eigenvalue weighted by molar-refractivity contribution is 7.89. The molecule has 1 atom stereocenters. The molecular formula is C20H23FN4O6S2. The van der Waals surface area contributed by atoms with Crippen LogP contribution in [0.4, 0.5) is 4.39 Å². The summed E-state index contributed by atoms with van der Waals surface area (Å²) in [5.74, 6) is -2.51. The van der Waals surface area contributed by atoms with Crippen molar-refractivity contribution in [1.29, 1.82) is 0 Å². The van der Waals surface area contributed by atoms with Gasteiger partial charge in [-0.2, -0.15) is 4.31 Å². The lowest BCUT2D eigenvalue weighted by Crippen LogP contribution is -2.51. The molecule has 0 aromatic heterocycles. The number of carbonyl (C=O) groups excluding carboxylic acids is 2. The fraction of sp³-hybridized carbons (Fsp3) is 0.300. The van der Waals surface area contributed by atoms with E-state index in [4.69, 9.17) is 0 Å². The summed E-state index contributed by atoms with van der Waals surface area (Å²) in [4.78, 5) is 24.4. The van der Waals surface area contributed by atoms with Crippen molar-refractivity contribution in [3.8, 4) is 0 Å². The number of halogens is 1. The summed E-state index contributed by atoms with van der Waals surface area (Å²) in [5, 5.41) is 0. The molecule has 2 aromatic rings. The Labute approximate surface area is 191 Å². The van der Waals surface area contributed by atoms with Gasteiger partial charge in [0.1, 0.15) is 16.8 Å². The van der Waals surface area contributed by atoms with E-state index >= 15 is 0 Å². The highest BCUT2D eigenvalue weighted by Gasteiger charge is 2.40. The minimum Gasteiger partial charge on any atom is -0.271 e. The average molecular weight is 499 g/mol. The molecule has 1 heterocycles. The van der Waals surface area contributed by atoms with E-state index < -0.39 is 48.6 Å². The molecule has 0 radical (unpaired) electrons. The first-order valence-electron chi connectivity index (χ1n) is 9.85. The predicted molar refractivity (Wildman–Crippen MR) is 116 cm³/mol.